The maximum Gasteiger partial charge on any atom is 0.342 e. The molecule has 0 saturated carbocycles. The molecule has 0 amide bonds. The lowest BCUT2D eigenvalue weighted by atomic mass is 9.98. The molecule has 1 saturated heterocycles. The van der Waals surface area contributed by atoms with Crippen LogP contribution in [-0.4, -0.2) is 61.2 Å². The number of esters is 1. The minimum Gasteiger partial charge on any atom is -0.496 e. The van der Waals surface area contributed by atoms with Gasteiger partial charge in [0.2, 0.25) is 0 Å². The predicted molar refractivity (Wildman–Crippen MR) is 144 cm³/mol. The third-order valence-corrected chi connectivity index (χ3v) is 7.51. The number of Topliss-reactive ketones (excluding diaryl/α,β-unsaturated/α-hetero) is 1. The lowest BCUT2D eigenvalue weighted by Crippen LogP contribution is -2.33. The summed E-state index contributed by atoms with van der Waals surface area (Å²) in [5.41, 5.74) is 1.43. The van der Waals surface area contributed by atoms with Crippen LogP contribution in [0.2, 0.25) is 0 Å². The molecule has 37 heavy (non-hydrogen) atoms. The van der Waals surface area contributed by atoms with Gasteiger partial charge in [-0.1, -0.05) is 38.5 Å². The predicted octanol–water partition coefficient (Wildman–Crippen LogP) is 6.01. The summed E-state index contributed by atoms with van der Waals surface area (Å²) in [7, 11) is 1.58. The molecule has 1 aromatic rings. The standard InChI is InChI=1S/C30H47NO6/c1-23(32)15-16-24(33)13-9-6-4-3-5-7-10-14-27-26-21-25(22-28(35-2)29(26)30(34)37-27)36-20-19-31-17-11-8-12-18-31/h21-23,27,32H,3-20H2,1-2H3. The van der Waals surface area contributed by atoms with Crippen molar-refractivity contribution in [3.63, 3.8) is 0 Å². The third-order valence-electron chi connectivity index (χ3n) is 7.51. The zero-order valence-corrected chi connectivity index (χ0v) is 23.0. The van der Waals surface area contributed by atoms with Crippen molar-refractivity contribution in [2.75, 3.05) is 33.4 Å². The Morgan fingerprint density at radius 1 is 1.05 bits per heavy atom. The number of fused-ring (bicyclic) bond motifs is 1. The van der Waals surface area contributed by atoms with Gasteiger partial charge in [-0.05, 0) is 64.6 Å². The van der Waals surface area contributed by atoms with Crippen molar-refractivity contribution in [3.05, 3.63) is 23.3 Å². The summed E-state index contributed by atoms with van der Waals surface area (Å²) in [6, 6.07) is 3.77. The van der Waals surface area contributed by atoms with E-state index in [1.54, 1.807) is 20.1 Å². The summed E-state index contributed by atoms with van der Waals surface area (Å²) < 4.78 is 17.3. The van der Waals surface area contributed by atoms with E-state index in [1.165, 1.54) is 19.3 Å². The smallest absolute Gasteiger partial charge is 0.342 e. The molecule has 0 aromatic heterocycles. The topological polar surface area (TPSA) is 85.3 Å². The maximum atomic E-state index is 12.6. The van der Waals surface area contributed by atoms with Crippen LogP contribution >= 0.6 is 0 Å². The number of unbranched alkanes of at least 4 members (excludes halogenated alkanes) is 6. The van der Waals surface area contributed by atoms with Gasteiger partial charge < -0.3 is 19.3 Å². The van der Waals surface area contributed by atoms with E-state index in [-0.39, 0.29) is 17.9 Å². The molecule has 2 heterocycles. The van der Waals surface area contributed by atoms with E-state index in [0.717, 1.165) is 82.3 Å². The van der Waals surface area contributed by atoms with Crippen molar-refractivity contribution in [3.8, 4) is 11.5 Å². The van der Waals surface area contributed by atoms with E-state index in [0.29, 0.717) is 37.2 Å². The number of likely N-dealkylation sites (tertiary alicyclic amines) is 1. The number of cyclic esters (lactones) is 1. The second-order valence-corrected chi connectivity index (χ2v) is 10.7. The monoisotopic (exact) mass is 517 g/mol. The molecule has 7 nitrogen and oxygen atoms in total. The van der Waals surface area contributed by atoms with Crippen LogP contribution in [0.4, 0.5) is 0 Å². The molecule has 208 valence electrons. The number of methoxy groups -OCH3 is 1. The Morgan fingerprint density at radius 3 is 2.46 bits per heavy atom. The molecule has 2 unspecified atom stereocenters. The highest BCUT2D eigenvalue weighted by Gasteiger charge is 2.34. The van der Waals surface area contributed by atoms with Crippen LogP contribution in [0.15, 0.2) is 12.1 Å². The highest BCUT2D eigenvalue weighted by Crippen LogP contribution is 2.41. The quantitative estimate of drug-likeness (QED) is 0.188. The average Bonchev–Trinajstić information content (AvgIpc) is 3.21. The number of carbonyl (C=O) groups is 2. The number of aliphatic hydroxyl groups is 1. The van der Waals surface area contributed by atoms with E-state index in [1.807, 2.05) is 6.07 Å². The van der Waals surface area contributed by atoms with Crippen LogP contribution in [0.1, 0.15) is 119 Å². The van der Waals surface area contributed by atoms with Crippen molar-refractivity contribution < 1.29 is 28.9 Å². The fourth-order valence-electron chi connectivity index (χ4n) is 5.30. The molecule has 2 aliphatic rings. The molecule has 0 radical (unpaired) electrons. The Bertz CT molecular complexity index is 849. The molecule has 7 heteroatoms. The first-order valence-electron chi connectivity index (χ1n) is 14.5. The molecular formula is C30H47NO6. The number of rotatable bonds is 18. The van der Waals surface area contributed by atoms with Gasteiger partial charge in [0.1, 0.15) is 35.6 Å². The van der Waals surface area contributed by atoms with Crippen molar-refractivity contribution in [2.24, 2.45) is 0 Å². The minimum absolute atomic E-state index is 0.241. The Labute approximate surface area is 222 Å². The summed E-state index contributed by atoms with van der Waals surface area (Å²) in [5.74, 6) is 1.22. The number of carbonyl (C=O) groups excluding carboxylic acids is 2. The minimum atomic E-state index is -0.392. The fraction of sp³-hybridized carbons (Fsp3) is 0.733. The fourth-order valence-corrected chi connectivity index (χ4v) is 5.30. The van der Waals surface area contributed by atoms with E-state index in [2.05, 4.69) is 4.90 Å². The summed E-state index contributed by atoms with van der Waals surface area (Å²) in [6.07, 6.45) is 13.3. The van der Waals surface area contributed by atoms with Gasteiger partial charge >= 0.3 is 5.97 Å². The molecular weight excluding hydrogens is 470 g/mol. The van der Waals surface area contributed by atoms with Crippen LogP contribution in [0, 0.1) is 0 Å². The number of hydrogen-bond donors (Lipinski definition) is 1. The average molecular weight is 518 g/mol. The van der Waals surface area contributed by atoms with Crippen LogP contribution in [0.5, 0.6) is 11.5 Å². The second kappa shape index (κ2) is 16.0. The number of ketones is 1. The highest BCUT2D eigenvalue weighted by atomic mass is 16.6. The Kier molecular flexibility index (Phi) is 12.7. The number of aliphatic hydroxyl groups excluding tert-OH is 1. The zero-order chi connectivity index (χ0) is 26.5. The first-order valence-corrected chi connectivity index (χ1v) is 14.5. The SMILES string of the molecule is COc1cc(OCCN2CCCCC2)cc2c1C(=O)OC2CCCCCCCCCC(=O)CCC(C)O. The van der Waals surface area contributed by atoms with Crippen LogP contribution in [0.25, 0.3) is 0 Å². The third kappa shape index (κ3) is 9.93. The van der Waals surface area contributed by atoms with Gasteiger partial charge in [0.25, 0.3) is 0 Å². The van der Waals surface area contributed by atoms with E-state index < -0.39 is 6.10 Å². The number of benzene rings is 1. The van der Waals surface area contributed by atoms with Crippen molar-refractivity contribution in [2.45, 2.75) is 109 Å². The van der Waals surface area contributed by atoms with Gasteiger partial charge in [0.15, 0.2) is 0 Å². The normalized spacial score (nSPS) is 18.4. The van der Waals surface area contributed by atoms with Gasteiger partial charge in [-0.25, -0.2) is 4.79 Å². The number of piperidine rings is 1. The summed E-state index contributed by atoms with van der Waals surface area (Å²) in [4.78, 5) is 26.8. The molecule has 1 fully saturated rings. The van der Waals surface area contributed by atoms with E-state index in [4.69, 9.17) is 14.2 Å². The van der Waals surface area contributed by atoms with Crippen molar-refractivity contribution in [1.82, 2.24) is 4.90 Å². The molecule has 0 bridgehead atoms. The van der Waals surface area contributed by atoms with Gasteiger partial charge in [0, 0.05) is 31.0 Å². The number of nitrogens with zero attached hydrogens (tertiary/aromatic N) is 1. The summed E-state index contributed by atoms with van der Waals surface area (Å²) in [5, 5.41) is 9.26. The number of hydrogen-bond acceptors (Lipinski definition) is 7. The molecule has 0 spiro atoms. The molecule has 0 aliphatic carbocycles. The molecule has 2 atom stereocenters. The molecule has 1 N–H and O–H groups in total. The molecule has 2 aliphatic heterocycles. The van der Waals surface area contributed by atoms with Gasteiger partial charge in [-0.3, -0.25) is 9.69 Å². The van der Waals surface area contributed by atoms with Crippen molar-refractivity contribution >= 4 is 11.8 Å². The number of ether oxygens (including phenoxy) is 3. The van der Waals surface area contributed by atoms with Crippen LogP contribution in [0.3, 0.4) is 0 Å². The van der Waals surface area contributed by atoms with Gasteiger partial charge in [0.05, 0.1) is 13.2 Å². The van der Waals surface area contributed by atoms with Crippen molar-refractivity contribution in [1.29, 1.82) is 0 Å². The van der Waals surface area contributed by atoms with Crippen LogP contribution < -0.4 is 9.47 Å². The van der Waals surface area contributed by atoms with Gasteiger partial charge in [-0.15, -0.1) is 0 Å². The Balaban J connectivity index is 1.36. The second-order valence-electron chi connectivity index (χ2n) is 10.7. The highest BCUT2D eigenvalue weighted by molar-refractivity contribution is 5.97. The lowest BCUT2D eigenvalue weighted by Gasteiger charge is -2.26. The molecule has 3 rings (SSSR count). The first kappa shape index (κ1) is 29.4. The Hall–Kier alpha value is -2.12. The van der Waals surface area contributed by atoms with Crippen LogP contribution in [-0.2, 0) is 9.53 Å². The largest absolute Gasteiger partial charge is 0.496 e. The zero-order valence-electron chi connectivity index (χ0n) is 23.0. The Morgan fingerprint density at radius 2 is 1.76 bits per heavy atom. The summed E-state index contributed by atoms with van der Waals surface area (Å²) >= 11 is 0. The molecule has 1 aromatic carbocycles. The van der Waals surface area contributed by atoms with Gasteiger partial charge in [-0.2, -0.15) is 0 Å². The first-order chi connectivity index (χ1) is 18.0. The summed E-state index contributed by atoms with van der Waals surface area (Å²) in [6.45, 7) is 5.55. The lowest BCUT2D eigenvalue weighted by molar-refractivity contribution is -0.119. The van der Waals surface area contributed by atoms with E-state index in [9.17, 15) is 14.7 Å². The maximum absolute atomic E-state index is 12.6. The van der Waals surface area contributed by atoms with E-state index >= 15 is 0 Å².